The first-order valence-corrected chi connectivity index (χ1v) is 11.2. The number of aromatic nitrogens is 1. The third-order valence-corrected chi connectivity index (χ3v) is 7.38. The molecule has 2 heterocycles. The molecule has 2 aromatic carbocycles. The SMILES string of the molecule is Cc1cc(-c2ccc(S(=O)(=O)N3CC[C@H](F)C3)cc2CO)nc2cc(C(=O)O)ccc12. The molecule has 0 bridgehead atoms. The molecule has 1 aliphatic heterocycles. The first kappa shape index (κ1) is 21.4. The monoisotopic (exact) mass is 444 g/mol. The van der Waals surface area contributed by atoms with Crippen molar-refractivity contribution in [2.75, 3.05) is 13.1 Å². The molecular weight excluding hydrogens is 423 g/mol. The minimum atomic E-state index is -3.86. The van der Waals surface area contributed by atoms with Gasteiger partial charge in [-0.25, -0.2) is 22.6 Å². The van der Waals surface area contributed by atoms with Crippen LogP contribution >= 0.6 is 0 Å². The Morgan fingerprint density at radius 2 is 2.00 bits per heavy atom. The molecule has 0 saturated carbocycles. The average molecular weight is 444 g/mol. The van der Waals surface area contributed by atoms with Crippen molar-refractivity contribution >= 4 is 26.9 Å². The predicted octanol–water partition coefficient (Wildman–Crippen LogP) is 3.13. The number of aryl methyl sites for hydroxylation is 1. The molecule has 0 unspecified atom stereocenters. The minimum Gasteiger partial charge on any atom is -0.478 e. The number of nitrogens with zero attached hydrogens (tertiary/aromatic N) is 2. The highest BCUT2D eigenvalue weighted by Gasteiger charge is 2.32. The summed E-state index contributed by atoms with van der Waals surface area (Å²) in [6, 6.07) is 10.9. The Balaban J connectivity index is 1.79. The molecule has 31 heavy (non-hydrogen) atoms. The zero-order chi connectivity index (χ0) is 22.3. The second-order valence-electron chi connectivity index (χ2n) is 7.59. The van der Waals surface area contributed by atoms with E-state index in [1.807, 2.05) is 6.92 Å². The molecule has 0 radical (unpaired) electrons. The maximum atomic E-state index is 13.5. The zero-order valence-corrected chi connectivity index (χ0v) is 17.6. The van der Waals surface area contributed by atoms with E-state index in [1.54, 1.807) is 18.2 Å². The number of aliphatic hydroxyl groups is 1. The fourth-order valence-corrected chi connectivity index (χ4v) is 5.37. The van der Waals surface area contributed by atoms with Crippen molar-refractivity contribution in [2.45, 2.75) is 31.0 Å². The van der Waals surface area contributed by atoms with Crippen LogP contribution in [0.1, 0.15) is 27.9 Å². The lowest BCUT2D eigenvalue weighted by Crippen LogP contribution is -2.29. The molecule has 2 N–H and O–H groups in total. The van der Waals surface area contributed by atoms with E-state index in [4.69, 9.17) is 0 Å². The lowest BCUT2D eigenvalue weighted by molar-refractivity contribution is 0.0697. The number of sulfonamides is 1. The average Bonchev–Trinajstić information content (AvgIpc) is 3.20. The first-order valence-electron chi connectivity index (χ1n) is 9.74. The van der Waals surface area contributed by atoms with Crippen LogP contribution in [0.4, 0.5) is 4.39 Å². The van der Waals surface area contributed by atoms with Crippen LogP contribution in [0, 0.1) is 6.92 Å². The number of aliphatic hydroxyl groups excluding tert-OH is 1. The Morgan fingerprint density at radius 3 is 2.65 bits per heavy atom. The summed E-state index contributed by atoms with van der Waals surface area (Å²) in [6.07, 6.45) is -1.00. The molecular formula is C22H21FN2O5S. The molecule has 1 fully saturated rings. The Hall–Kier alpha value is -2.88. The summed E-state index contributed by atoms with van der Waals surface area (Å²) in [5.41, 5.74) is 2.85. The lowest BCUT2D eigenvalue weighted by atomic mass is 10.0. The summed E-state index contributed by atoms with van der Waals surface area (Å²) < 4.78 is 40.3. The molecule has 162 valence electrons. The Morgan fingerprint density at radius 1 is 1.23 bits per heavy atom. The molecule has 0 amide bonds. The van der Waals surface area contributed by atoms with Gasteiger partial charge in [0, 0.05) is 24.0 Å². The maximum absolute atomic E-state index is 13.5. The fourth-order valence-electron chi connectivity index (χ4n) is 3.84. The van der Waals surface area contributed by atoms with Crippen LogP contribution in [-0.4, -0.2) is 53.2 Å². The fraction of sp³-hybridized carbons (Fsp3) is 0.273. The van der Waals surface area contributed by atoms with Crippen LogP contribution in [0.15, 0.2) is 47.4 Å². The van der Waals surface area contributed by atoms with Crippen LogP contribution in [0.5, 0.6) is 0 Å². The normalized spacial score (nSPS) is 17.3. The molecule has 0 aliphatic carbocycles. The van der Waals surface area contributed by atoms with Crippen molar-refractivity contribution in [2.24, 2.45) is 0 Å². The molecule has 1 atom stereocenters. The summed E-state index contributed by atoms with van der Waals surface area (Å²) >= 11 is 0. The number of carbonyl (C=O) groups is 1. The van der Waals surface area contributed by atoms with Crippen molar-refractivity contribution in [3.63, 3.8) is 0 Å². The van der Waals surface area contributed by atoms with Crippen LogP contribution in [0.25, 0.3) is 22.2 Å². The number of alkyl halides is 1. The summed E-state index contributed by atoms with van der Waals surface area (Å²) in [5.74, 6) is -1.06. The third-order valence-electron chi connectivity index (χ3n) is 5.52. The number of fused-ring (bicyclic) bond motifs is 1. The first-order chi connectivity index (χ1) is 14.7. The smallest absolute Gasteiger partial charge is 0.335 e. The highest BCUT2D eigenvalue weighted by Crippen LogP contribution is 2.31. The highest BCUT2D eigenvalue weighted by atomic mass is 32.2. The number of rotatable bonds is 5. The van der Waals surface area contributed by atoms with Gasteiger partial charge in [-0.2, -0.15) is 4.31 Å². The molecule has 1 aromatic heterocycles. The van der Waals surface area contributed by atoms with Gasteiger partial charge in [0.15, 0.2) is 0 Å². The quantitative estimate of drug-likeness (QED) is 0.626. The zero-order valence-electron chi connectivity index (χ0n) is 16.7. The Kier molecular flexibility index (Phi) is 5.50. The van der Waals surface area contributed by atoms with E-state index < -0.39 is 28.8 Å². The van der Waals surface area contributed by atoms with Crippen molar-refractivity contribution in [3.8, 4) is 11.3 Å². The number of carboxylic acid groups (broad SMARTS) is 1. The van der Waals surface area contributed by atoms with Gasteiger partial charge in [0.05, 0.1) is 28.3 Å². The van der Waals surface area contributed by atoms with Crippen LogP contribution < -0.4 is 0 Å². The van der Waals surface area contributed by atoms with Gasteiger partial charge in [-0.3, -0.25) is 0 Å². The Bertz CT molecular complexity index is 1290. The number of benzene rings is 2. The van der Waals surface area contributed by atoms with Crippen LogP contribution in [0.2, 0.25) is 0 Å². The summed E-state index contributed by atoms with van der Waals surface area (Å²) in [5, 5.41) is 20.0. The lowest BCUT2D eigenvalue weighted by Gasteiger charge is -2.17. The van der Waals surface area contributed by atoms with Crippen LogP contribution in [-0.2, 0) is 16.6 Å². The number of halogens is 1. The largest absolute Gasteiger partial charge is 0.478 e. The second kappa shape index (κ2) is 7.99. The van der Waals surface area contributed by atoms with Crippen molar-refractivity contribution in [1.82, 2.24) is 9.29 Å². The van der Waals surface area contributed by atoms with Gasteiger partial charge in [0.2, 0.25) is 10.0 Å². The van der Waals surface area contributed by atoms with Gasteiger partial charge in [-0.15, -0.1) is 0 Å². The van der Waals surface area contributed by atoms with Gasteiger partial charge < -0.3 is 10.2 Å². The number of hydrogen-bond acceptors (Lipinski definition) is 5. The van der Waals surface area contributed by atoms with E-state index in [-0.39, 0.29) is 30.0 Å². The molecule has 9 heteroatoms. The topological polar surface area (TPSA) is 108 Å². The number of hydrogen-bond donors (Lipinski definition) is 2. The van der Waals surface area contributed by atoms with Crippen molar-refractivity contribution in [1.29, 1.82) is 0 Å². The van der Waals surface area contributed by atoms with Crippen molar-refractivity contribution < 1.29 is 27.8 Å². The molecule has 0 spiro atoms. The summed E-state index contributed by atoms with van der Waals surface area (Å²) in [7, 11) is -3.86. The minimum absolute atomic E-state index is 0.0138. The molecule has 4 rings (SSSR count). The van der Waals surface area contributed by atoms with Crippen LogP contribution in [0.3, 0.4) is 0 Å². The van der Waals surface area contributed by atoms with E-state index >= 15 is 0 Å². The van der Waals surface area contributed by atoms with Gasteiger partial charge in [-0.05, 0) is 54.8 Å². The number of carboxylic acids is 1. The van der Waals surface area contributed by atoms with Gasteiger partial charge in [0.1, 0.15) is 6.17 Å². The highest BCUT2D eigenvalue weighted by molar-refractivity contribution is 7.89. The maximum Gasteiger partial charge on any atom is 0.335 e. The van der Waals surface area contributed by atoms with E-state index in [0.29, 0.717) is 22.3 Å². The van der Waals surface area contributed by atoms with E-state index in [9.17, 15) is 27.8 Å². The summed E-state index contributed by atoms with van der Waals surface area (Å²) in [6.45, 7) is 1.40. The third kappa shape index (κ3) is 3.91. The van der Waals surface area contributed by atoms with Gasteiger partial charge in [0.25, 0.3) is 0 Å². The standard InChI is InChI=1S/C22H21FN2O5S/c1-13-8-20(24-21-10-14(22(27)28)2-4-18(13)21)19-5-3-17(9-15(19)12-26)31(29,30)25-7-6-16(23)11-25/h2-5,8-10,16,26H,6-7,11-12H2,1H3,(H,27,28)/t16-/m0/s1. The van der Waals surface area contributed by atoms with E-state index in [2.05, 4.69) is 4.98 Å². The summed E-state index contributed by atoms with van der Waals surface area (Å²) in [4.78, 5) is 15.8. The number of pyridine rings is 1. The van der Waals surface area contributed by atoms with E-state index in [0.717, 1.165) is 15.3 Å². The van der Waals surface area contributed by atoms with Gasteiger partial charge >= 0.3 is 5.97 Å². The predicted molar refractivity (Wildman–Crippen MR) is 113 cm³/mol. The van der Waals surface area contributed by atoms with E-state index in [1.165, 1.54) is 24.3 Å². The van der Waals surface area contributed by atoms with Gasteiger partial charge in [-0.1, -0.05) is 12.1 Å². The molecule has 7 nitrogen and oxygen atoms in total. The van der Waals surface area contributed by atoms with Crippen molar-refractivity contribution in [3.05, 3.63) is 59.2 Å². The molecule has 3 aromatic rings. The molecule has 1 aliphatic rings. The second-order valence-corrected chi connectivity index (χ2v) is 9.53. The Labute approximate surface area is 178 Å². The number of aromatic carboxylic acids is 1. The molecule has 1 saturated heterocycles.